The average molecular weight is 305 g/mol. The van der Waals surface area contributed by atoms with Crippen molar-refractivity contribution >= 4 is 0 Å². The smallest absolute Gasteiger partial charge is 0.0110 e. The van der Waals surface area contributed by atoms with Crippen molar-refractivity contribution in [2.45, 2.75) is 58.8 Å². The molecular formula is C20H36N2. The Kier molecular flexibility index (Phi) is 4.28. The number of rotatable bonds is 5. The van der Waals surface area contributed by atoms with Crippen LogP contribution >= 0.6 is 0 Å². The maximum Gasteiger partial charge on any atom is 0.0110 e. The number of hydrogen-bond acceptors (Lipinski definition) is 2. The van der Waals surface area contributed by atoms with E-state index in [1.807, 2.05) is 0 Å². The van der Waals surface area contributed by atoms with Gasteiger partial charge in [-0.3, -0.25) is 0 Å². The van der Waals surface area contributed by atoms with Gasteiger partial charge >= 0.3 is 0 Å². The molecule has 0 radical (unpaired) electrons. The van der Waals surface area contributed by atoms with Crippen LogP contribution in [0.3, 0.4) is 0 Å². The summed E-state index contributed by atoms with van der Waals surface area (Å²) in [7, 11) is 0. The largest absolute Gasteiger partial charge is 0.301 e. The maximum atomic E-state index is 2.83. The summed E-state index contributed by atoms with van der Waals surface area (Å²) < 4.78 is 0. The lowest BCUT2D eigenvalue weighted by Crippen LogP contribution is -2.54. The Bertz CT molecular complexity index is 346. The van der Waals surface area contributed by atoms with Gasteiger partial charge in [0, 0.05) is 32.7 Å². The topological polar surface area (TPSA) is 6.48 Å². The Morgan fingerprint density at radius 2 is 1.32 bits per heavy atom. The van der Waals surface area contributed by atoms with E-state index in [9.17, 15) is 0 Å². The molecule has 22 heavy (non-hydrogen) atoms. The van der Waals surface area contributed by atoms with Gasteiger partial charge in [0.05, 0.1) is 0 Å². The molecule has 2 heteroatoms. The van der Waals surface area contributed by atoms with Crippen molar-refractivity contribution in [1.29, 1.82) is 0 Å². The van der Waals surface area contributed by atoms with Gasteiger partial charge in [0.1, 0.15) is 0 Å². The predicted octanol–water partition coefficient (Wildman–Crippen LogP) is 3.87. The van der Waals surface area contributed by atoms with Crippen LogP contribution in [0.2, 0.25) is 0 Å². The van der Waals surface area contributed by atoms with E-state index in [0.29, 0.717) is 0 Å². The minimum atomic E-state index is 0.745. The Labute approximate surface area is 137 Å². The highest BCUT2D eigenvalue weighted by Crippen LogP contribution is 2.60. The van der Waals surface area contributed by atoms with Crippen LogP contribution in [-0.2, 0) is 0 Å². The Morgan fingerprint density at radius 1 is 0.818 bits per heavy atom. The Morgan fingerprint density at radius 3 is 1.82 bits per heavy atom. The molecule has 0 unspecified atom stereocenters. The van der Waals surface area contributed by atoms with Gasteiger partial charge in [-0.05, 0) is 80.6 Å². The van der Waals surface area contributed by atoms with Gasteiger partial charge in [-0.1, -0.05) is 13.8 Å². The molecule has 4 saturated carbocycles. The summed E-state index contributed by atoms with van der Waals surface area (Å²) in [6, 6.07) is 0. The summed E-state index contributed by atoms with van der Waals surface area (Å²) in [5, 5.41) is 0. The third-order valence-corrected chi connectivity index (χ3v) is 7.21. The normalized spacial score (nSPS) is 42.4. The van der Waals surface area contributed by atoms with E-state index in [1.54, 1.807) is 38.5 Å². The molecule has 0 amide bonds. The minimum absolute atomic E-state index is 0.745. The Balaban J connectivity index is 1.28. The molecule has 4 bridgehead atoms. The summed E-state index contributed by atoms with van der Waals surface area (Å²) in [5.41, 5.74) is 0.745. The molecule has 1 saturated heterocycles. The first-order valence-electron chi connectivity index (χ1n) is 10.0. The zero-order chi connectivity index (χ0) is 15.2. The van der Waals surface area contributed by atoms with Gasteiger partial charge in [-0.15, -0.1) is 0 Å². The van der Waals surface area contributed by atoms with Gasteiger partial charge < -0.3 is 9.80 Å². The second-order valence-electron chi connectivity index (χ2n) is 9.72. The second kappa shape index (κ2) is 6.09. The van der Waals surface area contributed by atoms with Crippen LogP contribution in [-0.4, -0.2) is 49.1 Å². The molecule has 0 spiro atoms. The van der Waals surface area contributed by atoms with E-state index in [0.717, 1.165) is 29.1 Å². The molecule has 0 aromatic heterocycles. The van der Waals surface area contributed by atoms with Crippen LogP contribution < -0.4 is 0 Å². The fourth-order valence-electron chi connectivity index (χ4n) is 6.57. The monoisotopic (exact) mass is 304 g/mol. The zero-order valence-electron chi connectivity index (χ0n) is 14.9. The quantitative estimate of drug-likeness (QED) is 0.761. The third-order valence-electron chi connectivity index (χ3n) is 7.21. The zero-order valence-corrected chi connectivity index (χ0v) is 14.9. The highest BCUT2D eigenvalue weighted by Gasteiger charge is 2.51. The molecule has 0 aromatic carbocycles. The molecule has 5 fully saturated rings. The molecule has 126 valence electrons. The lowest BCUT2D eigenvalue weighted by molar-refractivity contribution is -0.0736. The van der Waals surface area contributed by atoms with Gasteiger partial charge in [0.2, 0.25) is 0 Å². The maximum absolute atomic E-state index is 2.83. The van der Waals surface area contributed by atoms with Gasteiger partial charge in [0.15, 0.2) is 0 Å². The van der Waals surface area contributed by atoms with E-state index in [4.69, 9.17) is 0 Å². The summed E-state index contributed by atoms with van der Waals surface area (Å²) in [4.78, 5) is 5.54. The highest BCUT2D eigenvalue weighted by molar-refractivity contribution is 5.02. The molecular weight excluding hydrogens is 268 g/mol. The number of piperazine rings is 1. The van der Waals surface area contributed by atoms with Crippen LogP contribution in [0.5, 0.6) is 0 Å². The van der Waals surface area contributed by atoms with Crippen molar-refractivity contribution in [1.82, 2.24) is 9.80 Å². The van der Waals surface area contributed by atoms with E-state index in [-0.39, 0.29) is 0 Å². The molecule has 0 N–H and O–H groups in total. The lowest BCUT2D eigenvalue weighted by Gasteiger charge is -2.58. The molecule has 0 aromatic rings. The van der Waals surface area contributed by atoms with E-state index in [1.165, 1.54) is 45.7 Å². The van der Waals surface area contributed by atoms with Gasteiger partial charge in [-0.2, -0.15) is 0 Å². The van der Waals surface area contributed by atoms with Crippen LogP contribution in [0.25, 0.3) is 0 Å². The van der Waals surface area contributed by atoms with Crippen LogP contribution in [0.15, 0.2) is 0 Å². The van der Waals surface area contributed by atoms with Crippen LogP contribution in [0.4, 0.5) is 0 Å². The molecule has 2 nitrogen and oxygen atoms in total. The third kappa shape index (κ3) is 3.24. The molecule has 1 aliphatic heterocycles. The van der Waals surface area contributed by atoms with Crippen molar-refractivity contribution in [3.05, 3.63) is 0 Å². The number of nitrogens with zero attached hydrogens (tertiary/aromatic N) is 2. The fraction of sp³-hybridized carbons (Fsp3) is 1.00. The standard InChI is InChI=1S/C20H36N2/c1-16(2)3-4-21-5-7-22(8-6-21)15-20-12-17-9-18(13-20)11-19(10-17)14-20/h16-19H,3-15H2,1-2H3. The lowest BCUT2D eigenvalue weighted by atomic mass is 9.49. The first-order valence-corrected chi connectivity index (χ1v) is 10.0. The van der Waals surface area contributed by atoms with Gasteiger partial charge in [-0.25, -0.2) is 0 Å². The van der Waals surface area contributed by atoms with E-state index < -0.39 is 0 Å². The highest BCUT2D eigenvalue weighted by atomic mass is 15.3. The first kappa shape index (κ1) is 15.4. The Hall–Kier alpha value is -0.0800. The van der Waals surface area contributed by atoms with E-state index in [2.05, 4.69) is 23.6 Å². The van der Waals surface area contributed by atoms with Crippen LogP contribution in [0.1, 0.15) is 58.8 Å². The van der Waals surface area contributed by atoms with Crippen molar-refractivity contribution in [3.8, 4) is 0 Å². The molecule has 0 atom stereocenters. The summed E-state index contributed by atoms with van der Waals surface area (Å²) in [5.74, 6) is 4.18. The molecule has 5 aliphatic rings. The second-order valence-corrected chi connectivity index (χ2v) is 9.72. The van der Waals surface area contributed by atoms with Crippen molar-refractivity contribution in [2.24, 2.45) is 29.1 Å². The van der Waals surface area contributed by atoms with Gasteiger partial charge in [0.25, 0.3) is 0 Å². The minimum Gasteiger partial charge on any atom is -0.301 e. The summed E-state index contributed by atoms with van der Waals surface area (Å²) >= 11 is 0. The molecule has 1 heterocycles. The van der Waals surface area contributed by atoms with Crippen molar-refractivity contribution < 1.29 is 0 Å². The van der Waals surface area contributed by atoms with Crippen molar-refractivity contribution in [2.75, 3.05) is 39.3 Å². The predicted molar refractivity (Wildman–Crippen MR) is 92.9 cm³/mol. The number of hydrogen-bond donors (Lipinski definition) is 0. The summed E-state index contributed by atoms with van der Waals surface area (Å²) in [6.07, 6.45) is 10.9. The molecule has 4 aliphatic carbocycles. The SMILES string of the molecule is CC(C)CCN1CCN(CC23CC4CC(CC(C4)C2)C3)CC1. The fourth-order valence-corrected chi connectivity index (χ4v) is 6.57. The first-order chi connectivity index (χ1) is 10.6. The summed E-state index contributed by atoms with van der Waals surface area (Å²) in [6.45, 7) is 12.8. The molecule has 5 rings (SSSR count). The van der Waals surface area contributed by atoms with E-state index >= 15 is 0 Å². The van der Waals surface area contributed by atoms with Crippen LogP contribution in [0, 0.1) is 29.1 Å². The van der Waals surface area contributed by atoms with Crippen molar-refractivity contribution in [3.63, 3.8) is 0 Å². The average Bonchev–Trinajstić information content (AvgIpc) is 2.44.